The van der Waals surface area contributed by atoms with Gasteiger partial charge in [-0.15, -0.1) is 0 Å². The van der Waals surface area contributed by atoms with Crippen LogP contribution in [0.1, 0.15) is 5.56 Å². The van der Waals surface area contributed by atoms with Crippen molar-refractivity contribution in [2.75, 3.05) is 13.2 Å². The van der Waals surface area contributed by atoms with E-state index in [4.69, 9.17) is 4.74 Å². The van der Waals surface area contributed by atoms with Gasteiger partial charge in [-0.05, 0) is 18.1 Å². The average molecular weight is 284 g/mol. The first-order valence-electron chi connectivity index (χ1n) is 4.99. The molecule has 0 aliphatic carbocycles. The Hall–Kier alpha value is -1.29. The normalized spacial score (nSPS) is 9.56. The summed E-state index contributed by atoms with van der Waals surface area (Å²) in [6.07, 6.45) is 1.89. The molecule has 3 nitrogen and oxygen atoms in total. The van der Waals surface area contributed by atoms with Crippen molar-refractivity contribution in [3.63, 3.8) is 0 Å². The first kappa shape index (κ1) is 12.8. The zero-order valence-electron chi connectivity index (χ0n) is 8.91. The maximum absolute atomic E-state index is 11.1. The third-order valence-corrected chi connectivity index (χ3v) is 2.73. The van der Waals surface area contributed by atoms with E-state index < -0.39 is 6.09 Å². The summed E-state index contributed by atoms with van der Waals surface area (Å²) in [4.78, 5) is 11.1. The number of carbonyl (C=O) groups is 1. The van der Waals surface area contributed by atoms with Crippen molar-refractivity contribution in [3.8, 4) is 0 Å². The van der Waals surface area contributed by atoms with Crippen LogP contribution in [0.2, 0.25) is 0 Å². The smallest absolute Gasteiger partial charge is 0.407 e. The summed E-state index contributed by atoms with van der Waals surface area (Å²) < 4.78 is 5.83. The maximum Gasteiger partial charge on any atom is 0.407 e. The Labute approximate surface area is 104 Å². The van der Waals surface area contributed by atoms with Crippen LogP contribution in [0.4, 0.5) is 4.79 Å². The lowest BCUT2D eigenvalue weighted by Crippen LogP contribution is -2.26. The highest BCUT2D eigenvalue weighted by Gasteiger charge is 2.01. The van der Waals surface area contributed by atoms with Crippen LogP contribution in [-0.4, -0.2) is 19.2 Å². The second kappa shape index (κ2) is 7.06. The van der Waals surface area contributed by atoms with Crippen LogP contribution in [0.15, 0.2) is 41.4 Å². The molecule has 1 rings (SSSR count). The van der Waals surface area contributed by atoms with Gasteiger partial charge in [-0.25, -0.2) is 4.79 Å². The van der Waals surface area contributed by atoms with Gasteiger partial charge in [-0.3, -0.25) is 0 Å². The standard InChI is InChI=1S/C12H14BrNO2/c1-2-9-16-12(15)14-8-7-10-5-3-4-6-11(10)13/h2-6H,1,7-9H2,(H,14,15). The van der Waals surface area contributed by atoms with Gasteiger partial charge >= 0.3 is 6.09 Å². The van der Waals surface area contributed by atoms with Crippen molar-refractivity contribution in [1.82, 2.24) is 5.32 Å². The van der Waals surface area contributed by atoms with Gasteiger partial charge in [0, 0.05) is 11.0 Å². The molecule has 16 heavy (non-hydrogen) atoms. The highest BCUT2D eigenvalue weighted by Crippen LogP contribution is 2.15. The maximum atomic E-state index is 11.1. The Bertz CT molecular complexity index is 366. The van der Waals surface area contributed by atoms with E-state index in [-0.39, 0.29) is 6.61 Å². The number of alkyl carbamates (subject to hydrolysis) is 1. The lowest BCUT2D eigenvalue weighted by atomic mass is 10.1. The molecule has 0 aliphatic heterocycles. The van der Waals surface area contributed by atoms with Gasteiger partial charge in [0.05, 0.1) is 0 Å². The van der Waals surface area contributed by atoms with Gasteiger partial charge in [0.25, 0.3) is 0 Å². The van der Waals surface area contributed by atoms with Crippen LogP contribution in [-0.2, 0) is 11.2 Å². The SMILES string of the molecule is C=CCOC(=O)NCCc1ccccc1Br. The molecule has 1 aromatic rings. The molecule has 0 radical (unpaired) electrons. The minimum Gasteiger partial charge on any atom is -0.445 e. The van der Waals surface area contributed by atoms with Crippen LogP contribution in [0, 0.1) is 0 Å². The van der Waals surface area contributed by atoms with Crippen molar-refractivity contribution >= 4 is 22.0 Å². The predicted molar refractivity (Wildman–Crippen MR) is 67.4 cm³/mol. The lowest BCUT2D eigenvalue weighted by Gasteiger charge is -2.06. The van der Waals surface area contributed by atoms with Crippen molar-refractivity contribution in [2.24, 2.45) is 0 Å². The third-order valence-electron chi connectivity index (χ3n) is 1.95. The van der Waals surface area contributed by atoms with Crippen molar-refractivity contribution in [3.05, 3.63) is 47.0 Å². The van der Waals surface area contributed by atoms with E-state index in [1.54, 1.807) is 0 Å². The van der Waals surface area contributed by atoms with Crippen molar-refractivity contribution in [1.29, 1.82) is 0 Å². The Kier molecular flexibility index (Phi) is 5.64. The number of hydrogen-bond donors (Lipinski definition) is 1. The molecule has 0 bridgehead atoms. The molecule has 1 amide bonds. The molecule has 0 aliphatic rings. The van der Waals surface area contributed by atoms with Gasteiger partial charge in [-0.2, -0.15) is 0 Å². The lowest BCUT2D eigenvalue weighted by molar-refractivity contribution is 0.158. The summed E-state index contributed by atoms with van der Waals surface area (Å²) >= 11 is 3.45. The fourth-order valence-corrected chi connectivity index (χ4v) is 1.67. The molecule has 0 aromatic heterocycles. The third kappa shape index (κ3) is 4.49. The van der Waals surface area contributed by atoms with E-state index in [1.807, 2.05) is 24.3 Å². The summed E-state index contributed by atoms with van der Waals surface area (Å²) in [7, 11) is 0. The summed E-state index contributed by atoms with van der Waals surface area (Å²) in [5.41, 5.74) is 1.16. The first-order chi connectivity index (χ1) is 7.74. The molecule has 1 aromatic carbocycles. The second-order valence-electron chi connectivity index (χ2n) is 3.16. The number of halogens is 1. The number of carbonyl (C=O) groups excluding carboxylic acids is 1. The molecule has 0 saturated heterocycles. The number of benzene rings is 1. The number of hydrogen-bond acceptors (Lipinski definition) is 2. The molecular formula is C12H14BrNO2. The number of nitrogens with one attached hydrogen (secondary N) is 1. The van der Waals surface area contributed by atoms with E-state index in [2.05, 4.69) is 27.8 Å². The summed E-state index contributed by atoms with van der Waals surface area (Å²) in [6.45, 7) is 4.25. The van der Waals surface area contributed by atoms with E-state index in [0.29, 0.717) is 6.54 Å². The fraction of sp³-hybridized carbons (Fsp3) is 0.250. The first-order valence-corrected chi connectivity index (χ1v) is 5.78. The second-order valence-corrected chi connectivity index (χ2v) is 4.01. The monoisotopic (exact) mass is 283 g/mol. The minimum absolute atomic E-state index is 0.237. The highest BCUT2D eigenvalue weighted by atomic mass is 79.9. The van der Waals surface area contributed by atoms with Crippen molar-refractivity contribution in [2.45, 2.75) is 6.42 Å². The molecule has 86 valence electrons. The zero-order chi connectivity index (χ0) is 11.8. The molecule has 0 unspecified atom stereocenters. The average Bonchev–Trinajstić information content (AvgIpc) is 2.29. The van der Waals surface area contributed by atoms with Gasteiger partial charge in [-0.1, -0.05) is 46.8 Å². The topological polar surface area (TPSA) is 38.3 Å². The molecule has 0 heterocycles. The van der Waals surface area contributed by atoms with E-state index in [0.717, 1.165) is 16.5 Å². The minimum atomic E-state index is -0.410. The molecule has 1 N–H and O–H groups in total. The van der Waals surface area contributed by atoms with Gasteiger partial charge in [0.1, 0.15) is 6.61 Å². The van der Waals surface area contributed by atoms with Crippen LogP contribution in [0.5, 0.6) is 0 Å². The number of amides is 1. The largest absolute Gasteiger partial charge is 0.445 e. The van der Waals surface area contributed by atoms with Gasteiger partial charge in [0.2, 0.25) is 0 Å². The number of ether oxygens (including phenoxy) is 1. The fourth-order valence-electron chi connectivity index (χ4n) is 1.19. The van der Waals surface area contributed by atoms with Gasteiger partial charge in [0.15, 0.2) is 0 Å². The van der Waals surface area contributed by atoms with Gasteiger partial charge < -0.3 is 10.1 Å². The molecule has 0 saturated carbocycles. The summed E-state index contributed by atoms with van der Waals surface area (Å²) in [6, 6.07) is 7.92. The quantitative estimate of drug-likeness (QED) is 0.844. The molecular weight excluding hydrogens is 270 g/mol. The van der Waals surface area contributed by atoms with E-state index in [9.17, 15) is 4.79 Å². The van der Waals surface area contributed by atoms with Crippen LogP contribution >= 0.6 is 15.9 Å². The highest BCUT2D eigenvalue weighted by molar-refractivity contribution is 9.10. The Balaban J connectivity index is 2.28. The number of rotatable bonds is 5. The Morgan fingerprint density at radius 1 is 1.50 bits per heavy atom. The van der Waals surface area contributed by atoms with Crippen LogP contribution in [0.25, 0.3) is 0 Å². The molecule has 4 heteroatoms. The summed E-state index contributed by atoms with van der Waals surface area (Å²) in [5, 5.41) is 2.66. The van der Waals surface area contributed by atoms with Crippen LogP contribution in [0.3, 0.4) is 0 Å². The van der Waals surface area contributed by atoms with Crippen LogP contribution < -0.4 is 5.32 Å². The predicted octanol–water partition coefficient (Wildman–Crippen LogP) is 2.90. The molecule has 0 atom stereocenters. The Morgan fingerprint density at radius 2 is 2.25 bits per heavy atom. The van der Waals surface area contributed by atoms with E-state index >= 15 is 0 Å². The Morgan fingerprint density at radius 3 is 2.94 bits per heavy atom. The zero-order valence-corrected chi connectivity index (χ0v) is 10.5. The molecule has 0 fully saturated rings. The summed E-state index contributed by atoms with van der Waals surface area (Å²) in [5.74, 6) is 0. The van der Waals surface area contributed by atoms with Crippen molar-refractivity contribution < 1.29 is 9.53 Å². The molecule has 0 spiro atoms. The van der Waals surface area contributed by atoms with E-state index in [1.165, 1.54) is 6.08 Å².